The van der Waals surface area contributed by atoms with Crippen LogP contribution >= 0.6 is 0 Å². The van der Waals surface area contributed by atoms with E-state index in [1.54, 1.807) is 4.90 Å². The minimum Gasteiger partial charge on any atom is -0.481 e. The summed E-state index contributed by atoms with van der Waals surface area (Å²) in [6, 6.07) is -0.214. The average molecular weight is 257 g/mol. The molecule has 2 atom stereocenters. The van der Waals surface area contributed by atoms with Crippen LogP contribution in [0.1, 0.15) is 47.5 Å². The molecular formula is C13H23NO4. The highest BCUT2D eigenvalue weighted by Crippen LogP contribution is 2.29. The lowest BCUT2D eigenvalue weighted by Crippen LogP contribution is -2.52. The number of aliphatic carboxylic acids is 1. The molecule has 1 N–H and O–H groups in total. The van der Waals surface area contributed by atoms with E-state index in [9.17, 15) is 9.59 Å². The first-order chi connectivity index (χ1) is 8.11. The highest BCUT2D eigenvalue weighted by molar-refractivity contribution is 5.72. The molecule has 0 spiro atoms. The van der Waals surface area contributed by atoms with Gasteiger partial charge in [0.05, 0.1) is 5.92 Å². The standard InChI is InChI=1S/C13H23NO4/c1-8-6-10(11(15)16)7-9(2)14(8)12(17)18-13(3,4)5/h8-10H,6-7H2,1-5H3,(H,15,16)/t8-,9-/m0/s1. The van der Waals surface area contributed by atoms with Gasteiger partial charge in [-0.3, -0.25) is 4.79 Å². The van der Waals surface area contributed by atoms with Gasteiger partial charge in [0.25, 0.3) is 0 Å². The molecule has 0 aromatic heterocycles. The molecule has 0 aromatic carbocycles. The summed E-state index contributed by atoms with van der Waals surface area (Å²) in [5.74, 6) is -1.15. The van der Waals surface area contributed by atoms with Gasteiger partial charge in [-0.05, 0) is 47.5 Å². The monoisotopic (exact) mass is 257 g/mol. The number of piperidine rings is 1. The first kappa shape index (κ1) is 14.8. The Hall–Kier alpha value is -1.26. The zero-order valence-electron chi connectivity index (χ0n) is 11.8. The van der Waals surface area contributed by atoms with Crippen LogP contribution in [0.5, 0.6) is 0 Å². The van der Waals surface area contributed by atoms with Crippen molar-refractivity contribution in [3.63, 3.8) is 0 Å². The molecular weight excluding hydrogens is 234 g/mol. The van der Waals surface area contributed by atoms with Crippen molar-refractivity contribution in [3.05, 3.63) is 0 Å². The second-order valence-corrected chi connectivity index (χ2v) is 6.09. The van der Waals surface area contributed by atoms with Crippen LogP contribution in [0, 0.1) is 5.92 Å². The number of hydrogen-bond acceptors (Lipinski definition) is 3. The SMILES string of the molecule is C[C@H]1CC(C(=O)O)C[C@H](C)N1C(=O)OC(C)(C)C. The number of carbonyl (C=O) groups is 2. The van der Waals surface area contributed by atoms with E-state index in [-0.39, 0.29) is 24.1 Å². The van der Waals surface area contributed by atoms with Crippen LogP contribution in [0.25, 0.3) is 0 Å². The summed E-state index contributed by atoms with van der Waals surface area (Å²) < 4.78 is 5.35. The highest BCUT2D eigenvalue weighted by atomic mass is 16.6. The van der Waals surface area contributed by atoms with Crippen molar-refractivity contribution in [3.8, 4) is 0 Å². The average Bonchev–Trinajstić information content (AvgIpc) is 2.12. The largest absolute Gasteiger partial charge is 0.481 e. The van der Waals surface area contributed by atoms with E-state index in [1.165, 1.54) is 0 Å². The second kappa shape index (κ2) is 5.16. The molecule has 5 nitrogen and oxygen atoms in total. The van der Waals surface area contributed by atoms with Gasteiger partial charge in [0.1, 0.15) is 5.60 Å². The molecule has 1 heterocycles. The molecule has 0 bridgehead atoms. The van der Waals surface area contributed by atoms with Gasteiger partial charge in [-0.1, -0.05) is 0 Å². The molecule has 0 radical (unpaired) electrons. The Morgan fingerprint density at radius 1 is 1.17 bits per heavy atom. The van der Waals surface area contributed by atoms with Crippen molar-refractivity contribution in [2.45, 2.75) is 65.1 Å². The van der Waals surface area contributed by atoms with Gasteiger partial charge in [0, 0.05) is 12.1 Å². The van der Waals surface area contributed by atoms with Gasteiger partial charge >= 0.3 is 12.1 Å². The fourth-order valence-corrected chi connectivity index (χ4v) is 2.46. The summed E-state index contributed by atoms with van der Waals surface area (Å²) in [6.07, 6.45) is 0.615. The molecule has 1 aliphatic heterocycles. The van der Waals surface area contributed by atoms with Crippen LogP contribution in [-0.4, -0.2) is 39.8 Å². The molecule has 1 saturated heterocycles. The number of nitrogens with zero attached hydrogens (tertiary/aromatic N) is 1. The fourth-order valence-electron chi connectivity index (χ4n) is 2.46. The van der Waals surface area contributed by atoms with Gasteiger partial charge in [-0.15, -0.1) is 0 Å². The van der Waals surface area contributed by atoms with Crippen LogP contribution in [0.3, 0.4) is 0 Å². The van der Waals surface area contributed by atoms with Gasteiger partial charge in [0.2, 0.25) is 0 Å². The third-order valence-corrected chi connectivity index (χ3v) is 3.15. The number of rotatable bonds is 1. The Balaban J connectivity index is 2.73. The number of likely N-dealkylation sites (tertiary alicyclic amines) is 1. The van der Waals surface area contributed by atoms with E-state index in [4.69, 9.17) is 9.84 Å². The summed E-state index contributed by atoms with van der Waals surface area (Å²) in [5.41, 5.74) is -0.528. The van der Waals surface area contributed by atoms with Crippen LogP contribution < -0.4 is 0 Å². The third kappa shape index (κ3) is 3.62. The topological polar surface area (TPSA) is 66.8 Å². The van der Waals surface area contributed by atoms with E-state index in [0.717, 1.165) is 0 Å². The van der Waals surface area contributed by atoms with E-state index in [1.807, 2.05) is 34.6 Å². The van der Waals surface area contributed by atoms with Gasteiger partial charge < -0.3 is 14.7 Å². The quantitative estimate of drug-likeness (QED) is 0.783. The number of carboxylic acid groups (broad SMARTS) is 1. The molecule has 0 aliphatic carbocycles. The maximum Gasteiger partial charge on any atom is 0.410 e. The summed E-state index contributed by atoms with van der Waals surface area (Å²) >= 11 is 0. The second-order valence-electron chi connectivity index (χ2n) is 6.09. The summed E-state index contributed by atoms with van der Waals surface area (Å²) in [5, 5.41) is 9.05. The molecule has 18 heavy (non-hydrogen) atoms. The molecule has 5 heteroatoms. The Labute approximate surface area is 108 Å². The molecule has 1 fully saturated rings. The molecule has 1 amide bonds. The van der Waals surface area contributed by atoms with E-state index < -0.39 is 11.6 Å². The Morgan fingerprint density at radius 2 is 1.61 bits per heavy atom. The number of amides is 1. The third-order valence-electron chi connectivity index (χ3n) is 3.15. The zero-order chi connectivity index (χ0) is 14.1. The van der Waals surface area contributed by atoms with Crippen LogP contribution in [-0.2, 0) is 9.53 Å². The Bertz CT molecular complexity index is 322. The van der Waals surface area contributed by atoms with Crippen molar-refractivity contribution in [2.24, 2.45) is 5.92 Å². The molecule has 104 valence electrons. The minimum atomic E-state index is -0.780. The molecule has 1 rings (SSSR count). The predicted molar refractivity (Wildman–Crippen MR) is 67.4 cm³/mol. The van der Waals surface area contributed by atoms with Crippen LogP contribution in [0.15, 0.2) is 0 Å². The van der Waals surface area contributed by atoms with Crippen molar-refractivity contribution >= 4 is 12.1 Å². The molecule has 1 aliphatic rings. The van der Waals surface area contributed by atoms with Crippen molar-refractivity contribution < 1.29 is 19.4 Å². The summed E-state index contributed by atoms with van der Waals surface area (Å²) in [6.45, 7) is 9.21. The maximum absolute atomic E-state index is 12.1. The van der Waals surface area contributed by atoms with E-state index >= 15 is 0 Å². The molecule has 0 unspecified atom stereocenters. The lowest BCUT2D eigenvalue weighted by Gasteiger charge is -2.41. The van der Waals surface area contributed by atoms with Gasteiger partial charge in [-0.25, -0.2) is 4.79 Å². The number of carbonyl (C=O) groups excluding carboxylic acids is 1. The molecule has 0 saturated carbocycles. The van der Waals surface area contributed by atoms with Crippen molar-refractivity contribution in [1.82, 2.24) is 4.90 Å². The first-order valence-electron chi connectivity index (χ1n) is 6.36. The lowest BCUT2D eigenvalue weighted by atomic mass is 9.87. The van der Waals surface area contributed by atoms with Gasteiger partial charge in [-0.2, -0.15) is 0 Å². The fraction of sp³-hybridized carbons (Fsp3) is 0.846. The normalized spacial score (nSPS) is 28.9. The van der Waals surface area contributed by atoms with Crippen molar-refractivity contribution in [2.75, 3.05) is 0 Å². The van der Waals surface area contributed by atoms with Crippen molar-refractivity contribution in [1.29, 1.82) is 0 Å². The Morgan fingerprint density at radius 3 is 1.94 bits per heavy atom. The summed E-state index contributed by atoms with van der Waals surface area (Å²) in [7, 11) is 0. The lowest BCUT2D eigenvalue weighted by molar-refractivity contribution is -0.144. The van der Waals surface area contributed by atoms with Gasteiger partial charge in [0.15, 0.2) is 0 Å². The van der Waals surface area contributed by atoms with E-state index in [0.29, 0.717) is 12.8 Å². The number of carboxylic acids is 1. The predicted octanol–water partition coefficient (Wildman–Crippen LogP) is 2.50. The van der Waals surface area contributed by atoms with Crippen LogP contribution in [0.2, 0.25) is 0 Å². The Kier molecular flexibility index (Phi) is 4.24. The summed E-state index contributed by atoms with van der Waals surface area (Å²) in [4.78, 5) is 24.7. The maximum atomic E-state index is 12.1. The number of hydrogen-bond donors (Lipinski definition) is 1. The van der Waals surface area contributed by atoms with E-state index in [2.05, 4.69) is 0 Å². The first-order valence-corrected chi connectivity index (χ1v) is 6.36. The highest BCUT2D eigenvalue weighted by Gasteiger charge is 2.38. The van der Waals surface area contributed by atoms with Crippen LogP contribution in [0.4, 0.5) is 4.79 Å². The zero-order valence-corrected chi connectivity index (χ0v) is 11.8. The molecule has 0 aromatic rings. The minimum absolute atomic E-state index is 0.107. The number of ether oxygens (including phenoxy) is 1. The smallest absolute Gasteiger partial charge is 0.410 e.